The van der Waals surface area contributed by atoms with Crippen molar-refractivity contribution in [1.82, 2.24) is 15.1 Å². The Balaban J connectivity index is 1.40. The molecule has 0 aliphatic carbocycles. The fourth-order valence-electron chi connectivity index (χ4n) is 3.53. The van der Waals surface area contributed by atoms with Gasteiger partial charge in [-0.05, 0) is 51.3 Å². The Labute approximate surface area is 156 Å². The van der Waals surface area contributed by atoms with E-state index in [1.807, 2.05) is 23.1 Å². The van der Waals surface area contributed by atoms with E-state index in [2.05, 4.69) is 24.0 Å². The van der Waals surface area contributed by atoms with E-state index >= 15 is 0 Å². The number of fused-ring (bicyclic) bond motifs is 1. The summed E-state index contributed by atoms with van der Waals surface area (Å²) in [7, 11) is 0. The van der Waals surface area contributed by atoms with Crippen molar-refractivity contribution in [2.45, 2.75) is 50.4 Å². The number of hydrogen-bond acceptors (Lipinski definition) is 7. The largest absolute Gasteiger partial charge is 0.454 e. The topological polar surface area (TPSA) is 77.7 Å². The van der Waals surface area contributed by atoms with Gasteiger partial charge < -0.3 is 18.8 Å². The molecule has 0 spiro atoms. The highest BCUT2D eigenvalue weighted by atomic mass is 32.2. The van der Waals surface area contributed by atoms with E-state index in [0.717, 1.165) is 18.4 Å². The van der Waals surface area contributed by atoms with Crippen molar-refractivity contribution in [3.63, 3.8) is 0 Å². The molecular weight excluding hydrogens is 354 g/mol. The summed E-state index contributed by atoms with van der Waals surface area (Å²) in [6.07, 6.45) is 3.31. The number of nitrogens with zero attached hydrogens (tertiary/aromatic N) is 3. The molecule has 1 aromatic heterocycles. The maximum absolute atomic E-state index is 12.6. The van der Waals surface area contributed by atoms with Gasteiger partial charge in [0.15, 0.2) is 11.5 Å². The van der Waals surface area contributed by atoms with Crippen LogP contribution in [0.15, 0.2) is 27.8 Å². The Morgan fingerprint density at radius 2 is 1.96 bits per heavy atom. The second kappa shape index (κ2) is 7.19. The monoisotopic (exact) mass is 375 g/mol. The van der Waals surface area contributed by atoms with Gasteiger partial charge in [-0.15, -0.1) is 10.2 Å². The molecule has 0 radical (unpaired) electrons. The summed E-state index contributed by atoms with van der Waals surface area (Å²) >= 11 is 1.28. The number of benzene rings is 1. The predicted molar refractivity (Wildman–Crippen MR) is 96.2 cm³/mol. The SMILES string of the molecule is C[C@H]1CCC[C@H](C)N1C(=O)CSc1nnc(-c2ccc3c(c2)OCO3)o1. The van der Waals surface area contributed by atoms with Gasteiger partial charge >= 0.3 is 0 Å². The van der Waals surface area contributed by atoms with Crippen molar-refractivity contribution < 1.29 is 18.7 Å². The van der Waals surface area contributed by atoms with Gasteiger partial charge in [-0.1, -0.05) is 11.8 Å². The first kappa shape index (κ1) is 17.2. The molecule has 8 heteroatoms. The molecule has 0 saturated carbocycles. The number of carbonyl (C=O) groups excluding carboxylic acids is 1. The van der Waals surface area contributed by atoms with Gasteiger partial charge in [0.05, 0.1) is 5.75 Å². The van der Waals surface area contributed by atoms with E-state index < -0.39 is 0 Å². The average molecular weight is 375 g/mol. The number of likely N-dealkylation sites (tertiary alicyclic amines) is 1. The van der Waals surface area contributed by atoms with Gasteiger partial charge in [0, 0.05) is 17.6 Å². The summed E-state index contributed by atoms with van der Waals surface area (Å²) in [5.74, 6) is 2.20. The number of thioether (sulfide) groups is 1. The second-order valence-corrected chi connectivity index (χ2v) is 7.59. The number of aromatic nitrogens is 2. The average Bonchev–Trinajstić information content (AvgIpc) is 3.28. The Morgan fingerprint density at radius 3 is 2.77 bits per heavy atom. The zero-order chi connectivity index (χ0) is 18.1. The summed E-state index contributed by atoms with van der Waals surface area (Å²) in [4.78, 5) is 14.6. The van der Waals surface area contributed by atoms with Gasteiger partial charge in [-0.25, -0.2) is 0 Å². The summed E-state index contributed by atoms with van der Waals surface area (Å²) in [6, 6.07) is 6.05. The van der Waals surface area contributed by atoms with Crippen LogP contribution in [-0.2, 0) is 4.79 Å². The molecule has 3 heterocycles. The Hall–Kier alpha value is -2.22. The molecule has 1 amide bonds. The summed E-state index contributed by atoms with van der Waals surface area (Å²) in [5.41, 5.74) is 0.762. The molecule has 1 aromatic carbocycles. The summed E-state index contributed by atoms with van der Waals surface area (Å²) in [6.45, 7) is 4.45. The van der Waals surface area contributed by atoms with Gasteiger partial charge in [0.25, 0.3) is 5.22 Å². The third-order valence-electron chi connectivity index (χ3n) is 4.83. The molecule has 2 aliphatic rings. The standard InChI is InChI=1S/C18H21N3O4S/c1-11-4-3-5-12(2)21(11)16(22)9-26-18-20-19-17(25-18)13-6-7-14-15(8-13)24-10-23-14/h6-8,11-12H,3-5,9-10H2,1-2H3/t11-,12-/m0/s1. The third kappa shape index (κ3) is 3.38. The van der Waals surface area contributed by atoms with Crippen LogP contribution in [0.1, 0.15) is 33.1 Å². The Morgan fingerprint density at radius 1 is 1.19 bits per heavy atom. The minimum atomic E-state index is 0.123. The molecule has 1 saturated heterocycles. The fourth-order valence-corrected chi connectivity index (χ4v) is 4.16. The highest BCUT2D eigenvalue weighted by Gasteiger charge is 2.29. The molecule has 2 aromatic rings. The lowest BCUT2D eigenvalue weighted by molar-refractivity contribution is -0.134. The maximum Gasteiger partial charge on any atom is 0.277 e. The predicted octanol–water partition coefficient (Wildman–Crippen LogP) is 3.35. The van der Waals surface area contributed by atoms with E-state index in [1.54, 1.807) is 0 Å². The Bertz CT molecular complexity index is 799. The zero-order valence-electron chi connectivity index (χ0n) is 14.8. The number of hydrogen-bond donors (Lipinski definition) is 0. The van der Waals surface area contributed by atoms with Gasteiger partial charge in [-0.2, -0.15) is 0 Å². The van der Waals surface area contributed by atoms with E-state index in [4.69, 9.17) is 13.9 Å². The van der Waals surface area contributed by atoms with Crippen LogP contribution in [0.2, 0.25) is 0 Å². The van der Waals surface area contributed by atoms with Gasteiger partial charge in [0.2, 0.25) is 18.6 Å². The number of piperidine rings is 1. The van der Waals surface area contributed by atoms with Crippen molar-refractivity contribution in [3.05, 3.63) is 18.2 Å². The number of rotatable bonds is 4. The van der Waals surface area contributed by atoms with Crippen LogP contribution in [0.5, 0.6) is 11.5 Å². The van der Waals surface area contributed by atoms with Crippen molar-refractivity contribution in [1.29, 1.82) is 0 Å². The molecule has 0 N–H and O–H groups in total. The first-order chi connectivity index (χ1) is 12.6. The highest BCUT2D eigenvalue weighted by molar-refractivity contribution is 7.99. The van der Waals surface area contributed by atoms with E-state index in [0.29, 0.717) is 40.4 Å². The summed E-state index contributed by atoms with van der Waals surface area (Å²) < 4.78 is 16.4. The van der Waals surface area contributed by atoms with Crippen LogP contribution < -0.4 is 9.47 Å². The third-order valence-corrected chi connectivity index (χ3v) is 5.63. The minimum absolute atomic E-state index is 0.123. The van der Waals surface area contributed by atoms with E-state index in [9.17, 15) is 4.79 Å². The lowest BCUT2D eigenvalue weighted by Gasteiger charge is -2.39. The zero-order valence-corrected chi connectivity index (χ0v) is 15.6. The molecule has 2 aliphatic heterocycles. The lowest BCUT2D eigenvalue weighted by atomic mass is 9.98. The van der Waals surface area contributed by atoms with Crippen molar-refractivity contribution >= 4 is 17.7 Å². The van der Waals surface area contributed by atoms with Crippen LogP contribution in [0, 0.1) is 0 Å². The van der Waals surface area contributed by atoms with Crippen LogP contribution in [0.4, 0.5) is 0 Å². The Kier molecular flexibility index (Phi) is 4.76. The van der Waals surface area contributed by atoms with Crippen molar-refractivity contribution in [2.75, 3.05) is 12.5 Å². The first-order valence-electron chi connectivity index (χ1n) is 8.79. The van der Waals surface area contributed by atoms with E-state index in [-0.39, 0.29) is 12.7 Å². The minimum Gasteiger partial charge on any atom is -0.454 e. The quantitative estimate of drug-likeness (QED) is 0.758. The second-order valence-electron chi connectivity index (χ2n) is 6.66. The molecule has 0 unspecified atom stereocenters. The summed E-state index contributed by atoms with van der Waals surface area (Å²) in [5, 5.41) is 8.51. The van der Waals surface area contributed by atoms with Crippen LogP contribution in [0.25, 0.3) is 11.5 Å². The lowest BCUT2D eigenvalue weighted by Crippen LogP contribution is -2.48. The molecule has 26 heavy (non-hydrogen) atoms. The molecular formula is C18H21N3O4S. The van der Waals surface area contributed by atoms with E-state index in [1.165, 1.54) is 18.2 Å². The van der Waals surface area contributed by atoms with Crippen LogP contribution >= 0.6 is 11.8 Å². The first-order valence-corrected chi connectivity index (χ1v) is 9.78. The molecule has 0 bridgehead atoms. The number of ether oxygens (including phenoxy) is 2. The normalized spacial score (nSPS) is 21.8. The van der Waals surface area contributed by atoms with Crippen LogP contribution in [0.3, 0.4) is 0 Å². The number of carbonyl (C=O) groups is 1. The molecule has 138 valence electrons. The molecule has 4 rings (SSSR count). The fraction of sp³-hybridized carbons (Fsp3) is 0.500. The molecule has 2 atom stereocenters. The maximum atomic E-state index is 12.6. The smallest absolute Gasteiger partial charge is 0.277 e. The van der Waals surface area contributed by atoms with Crippen LogP contribution in [-0.4, -0.2) is 45.6 Å². The van der Waals surface area contributed by atoms with Gasteiger partial charge in [-0.3, -0.25) is 4.79 Å². The number of amides is 1. The van der Waals surface area contributed by atoms with Crippen molar-refractivity contribution in [2.24, 2.45) is 0 Å². The van der Waals surface area contributed by atoms with Crippen molar-refractivity contribution in [3.8, 4) is 23.0 Å². The molecule has 1 fully saturated rings. The van der Waals surface area contributed by atoms with Gasteiger partial charge in [0.1, 0.15) is 0 Å². The highest BCUT2D eigenvalue weighted by Crippen LogP contribution is 2.36. The molecule has 7 nitrogen and oxygen atoms in total.